The molecule has 0 amide bonds. The van der Waals surface area contributed by atoms with Crippen LogP contribution in [0.1, 0.15) is 24.5 Å². The van der Waals surface area contributed by atoms with E-state index >= 15 is 0 Å². The number of hydrogen-bond acceptors (Lipinski definition) is 4. The van der Waals surface area contributed by atoms with Crippen LogP contribution in [0.4, 0.5) is 8.78 Å². The fraction of sp³-hybridized carbons (Fsp3) is 0.611. The van der Waals surface area contributed by atoms with E-state index in [0.29, 0.717) is 44.4 Å². The molecule has 0 fully saturated rings. The van der Waals surface area contributed by atoms with Crippen LogP contribution in [0.5, 0.6) is 5.75 Å². The first-order valence-corrected chi connectivity index (χ1v) is 8.70. The molecule has 0 heterocycles. The largest absolute Gasteiger partial charge is 0.434 e. The van der Waals surface area contributed by atoms with Gasteiger partial charge in [0.05, 0.1) is 19.8 Å². The number of nitrogens with one attached hydrogen (secondary N) is 2. The van der Waals surface area contributed by atoms with E-state index in [1.165, 1.54) is 0 Å². The molecule has 0 bridgehead atoms. The second kappa shape index (κ2) is 15.8. The highest BCUT2D eigenvalue weighted by Gasteiger charge is 2.10. The lowest BCUT2D eigenvalue weighted by Gasteiger charge is -2.13. The van der Waals surface area contributed by atoms with E-state index in [-0.39, 0.29) is 36.3 Å². The number of aliphatic imine (C=N–C) groups is 1. The molecule has 0 aliphatic heterocycles. The number of hydrogen-bond donors (Lipinski definition) is 2. The minimum absolute atomic E-state index is 0. The Balaban J connectivity index is 0.00000676. The Morgan fingerprint density at radius 2 is 1.96 bits per heavy atom. The zero-order chi connectivity index (χ0) is 19.2. The van der Waals surface area contributed by atoms with Crippen molar-refractivity contribution in [3.05, 3.63) is 29.3 Å². The fourth-order valence-corrected chi connectivity index (χ4v) is 2.17. The highest BCUT2D eigenvalue weighted by Crippen LogP contribution is 2.22. The Morgan fingerprint density at radius 1 is 1.19 bits per heavy atom. The molecule has 0 atom stereocenters. The maximum absolute atomic E-state index is 12.5. The molecule has 0 saturated carbocycles. The number of halogens is 3. The number of rotatable bonds is 12. The molecule has 0 unspecified atom stereocenters. The Kier molecular flexibility index (Phi) is 15.1. The van der Waals surface area contributed by atoms with Crippen LogP contribution < -0.4 is 15.4 Å². The molecule has 0 aromatic heterocycles. The second-order valence-electron chi connectivity index (χ2n) is 5.57. The molecule has 1 aromatic carbocycles. The molecular weight excluding hydrogens is 471 g/mol. The van der Waals surface area contributed by atoms with Gasteiger partial charge in [0.2, 0.25) is 0 Å². The molecule has 0 spiro atoms. The van der Waals surface area contributed by atoms with E-state index < -0.39 is 6.61 Å². The van der Waals surface area contributed by atoms with E-state index in [1.54, 1.807) is 25.3 Å². The Morgan fingerprint density at radius 3 is 2.63 bits per heavy atom. The predicted molar refractivity (Wildman–Crippen MR) is 113 cm³/mol. The summed E-state index contributed by atoms with van der Waals surface area (Å²) in [4.78, 5) is 4.45. The second-order valence-corrected chi connectivity index (χ2v) is 5.57. The van der Waals surface area contributed by atoms with Gasteiger partial charge in [0, 0.05) is 32.4 Å². The number of benzene rings is 1. The minimum atomic E-state index is -2.86. The van der Waals surface area contributed by atoms with Crippen LogP contribution in [-0.2, 0) is 16.0 Å². The summed E-state index contributed by atoms with van der Waals surface area (Å²) in [5.74, 6) is 0.769. The molecule has 1 aromatic rings. The van der Waals surface area contributed by atoms with Crippen molar-refractivity contribution >= 4 is 29.9 Å². The van der Waals surface area contributed by atoms with Gasteiger partial charge >= 0.3 is 6.61 Å². The molecule has 1 rings (SSSR count). The monoisotopic (exact) mass is 501 g/mol. The SMILES string of the molecule is CCNC(=NCc1cc(C)ccc1OC(F)F)NCCCOCCOC.I. The maximum atomic E-state index is 12.5. The molecule has 2 N–H and O–H groups in total. The van der Waals surface area contributed by atoms with Crippen LogP contribution >= 0.6 is 24.0 Å². The third-order valence-electron chi connectivity index (χ3n) is 3.37. The van der Waals surface area contributed by atoms with E-state index in [2.05, 4.69) is 20.4 Å². The maximum Gasteiger partial charge on any atom is 0.387 e. The normalized spacial score (nSPS) is 11.3. The van der Waals surface area contributed by atoms with E-state index in [4.69, 9.17) is 9.47 Å². The van der Waals surface area contributed by atoms with Crippen LogP contribution in [0.15, 0.2) is 23.2 Å². The van der Waals surface area contributed by atoms with Crippen molar-refractivity contribution in [2.75, 3.05) is 40.0 Å². The van der Waals surface area contributed by atoms with Gasteiger partial charge < -0.3 is 24.8 Å². The summed E-state index contributed by atoms with van der Waals surface area (Å²) in [5, 5.41) is 6.32. The molecule has 9 heteroatoms. The average molecular weight is 501 g/mol. The van der Waals surface area contributed by atoms with Gasteiger partial charge in [-0.2, -0.15) is 8.78 Å². The highest BCUT2D eigenvalue weighted by atomic mass is 127. The van der Waals surface area contributed by atoms with Gasteiger partial charge in [0.15, 0.2) is 5.96 Å². The van der Waals surface area contributed by atoms with Crippen molar-refractivity contribution in [3.8, 4) is 5.75 Å². The minimum Gasteiger partial charge on any atom is -0.434 e. The average Bonchev–Trinajstić information content (AvgIpc) is 2.60. The Labute approximate surface area is 177 Å². The molecule has 0 radical (unpaired) electrons. The van der Waals surface area contributed by atoms with Crippen molar-refractivity contribution in [1.29, 1.82) is 0 Å². The lowest BCUT2D eigenvalue weighted by atomic mass is 10.1. The first-order chi connectivity index (χ1) is 12.6. The topological polar surface area (TPSA) is 64.1 Å². The molecular formula is C18H30F2IN3O3. The summed E-state index contributed by atoms with van der Waals surface area (Å²) in [6.07, 6.45) is 0.818. The highest BCUT2D eigenvalue weighted by molar-refractivity contribution is 14.0. The summed E-state index contributed by atoms with van der Waals surface area (Å²) < 4.78 is 39.9. The van der Waals surface area contributed by atoms with Gasteiger partial charge in [-0.25, -0.2) is 4.99 Å². The van der Waals surface area contributed by atoms with Crippen molar-refractivity contribution in [1.82, 2.24) is 10.6 Å². The molecule has 0 aliphatic rings. The van der Waals surface area contributed by atoms with Crippen LogP contribution in [0, 0.1) is 6.92 Å². The predicted octanol–water partition coefficient (Wildman–Crippen LogP) is 3.32. The lowest BCUT2D eigenvalue weighted by molar-refractivity contribution is -0.0504. The number of alkyl halides is 2. The molecule has 27 heavy (non-hydrogen) atoms. The van der Waals surface area contributed by atoms with Crippen molar-refractivity contribution in [2.45, 2.75) is 33.4 Å². The fourth-order valence-electron chi connectivity index (χ4n) is 2.17. The Bertz CT molecular complexity index is 549. The first kappa shape index (κ1) is 25.8. The van der Waals surface area contributed by atoms with Crippen molar-refractivity contribution in [2.24, 2.45) is 4.99 Å². The van der Waals surface area contributed by atoms with Gasteiger partial charge in [-0.05, 0) is 26.3 Å². The van der Waals surface area contributed by atoms with Gasteiger partial charge in [0.1, 0.15) is 5.75 Å². The van der Waals surface area contributed by atoms with Crippen LogP contribution in [0.2, 0.25) is 0 Å². The summed E-state index contributed by atoms with van der Waals surface area (Å²) >= 11 is 0. The van der Waals surface area contributed by atoms with Gasteiger partial charge in [-0.15, -0.1) is 24.0 Å². The van der Waals surface area contributed by atoms with Crippen LogP contribution in [0.3, 0.4) is 0 Å². The Hall–Kier alpha value is -1.20. The van der Waals surface area contributed by atoms with E-state index in [1.807, 2.05) is 13.8 Å². The zero-order valence-corrected chi connectivity index (χ0v) is 18.4. The van der Waals surface area contributed by atoms with E-state index in [9.17, 15) is 8.78 Å². The number of methoxy groups -OCH3 is 1. The summed E-state index contributed by atoms with van der Waals surface area (Å²) in [6, 6.07) is 5.08. The number of ether oxygens (including phenoxy) is 3. The smallest absolute Gasteiger partial charge is 0.387 e. The van der Waals surface area contributed by atoms with Gasteiger partial charge in [-0.3, -0.25) is 0 Å². The van der Waals surface area contributed by atoms with Crippen molar-refractivity contribution < 1.29 is 23.0 Å². The molecule has 6 nitrogen and oxygen atoms in total. The molecule has 156 valence electrons. The first-order valence-electron chi connectivity index (χ1n) is 8.70. The summed E-state index contributed by atoms with van der Waals surface area (Å²) in [7, 11) is 1.63. The zero-order valence-electron chi connectivity index (χ0n) is 16.1. The van der Waals surface area contributed by atoms with Crippen molar-refractivity contribution in [3.63, 3.8) is 0 Å². The summed E-state index contributed by atoms with van der Waals surface area (Å²) in [5.41, 5.74) is 1.58. The number of aryl methyl sites for hydroxylation is 1. The number of guanidine groups is 1. The third-order valence-corrected chi connectivity index (χ3v) is 3.37. The summed E-state index contributed by atoms with van der Waals surface area (Å²) in [6.45, 7) is 4.41. The molecule has 0 saturated heterocycles. The quantitative estimate of drug-likeness (QED) is 0.199. The van der Waals surface area contributed by atoms with Crippen LogP contribution in [0.25, 0.3) is 0 Å². The van der Waals surface area contributed by atoms with E-state index in [0.717, 1.165) is 12.0 Å². The molecule has 0 aliphatic carbocycles. The lowest BCUT2D eigenvalue weighted by Crippen LogP contribution is -2.38. The standard InChI is InChI=1S/C18H29F2N3O3.HI/c1-4-21-18(22-8-5-9-25-11-10-24-3)23-13-15-12-14(2)6-7-16(15)26-17(19)20;/h6-7,12,17H,4-5,8-11,13H2,1-3H3,(H2,21,22,23);1H. The number of nitrogens with zero attached hydrogens (tertiary/aromatic N) is 1. The van der Waals surface area contributed by atoms with Crippen LogP contribution in [-0.4, -0.2) is 52.6 Å². The third kappa shape index (κ3) is 12.0. The van der Waals surface area contributed by atoms with Gasteiger partial charge in [-0.1, -0.05) is 17.7 Å². The van der Waals surface area contributed by atoms with Gasteiger partial charge in [0.25, 0.3) is 0 Å².